The van der Waals surface area contributed by atoms with Crippen molar-refractivity contribution in [1.29, 1.82) is 0 Å². The van der Waals surface area contributed by atoms with Crippen LogP contribution >= 0.6 is 11.8 Å². The quantitative estimate of drug-likeness (QED) is 0.724. The molecular weight excluding hydrogens is 234 g/mol. The molecule has 2 fully saturated rings. The molecule has 3 N–H and O–H groups in total. The molecule has 0 unspecified atom stereocenters. The van der Waals surface area contributed by atoms with E-state index in [9.17, 15) is 4.79 Å². The van der Waals surface area contributed by atoms with E-state index in [1.54, 1.807) is 0 Å². The van der Waals surface area contributed by atoms with Gasteiger partial charge in [0.2, 0.25) is 5.91 Å². The number of piperidine rings is 1. The molecule has 4 nitrogen and oxygen atoms in total. The SMILES string of the molecule is CSC1(CNC2CCN(CC(N)=O)CC2)CC1. The van der Waals surface area contributed by atoms with Gasteiger partial charge in [0.05, 0.1) is 6.54 Å². The Morgan fingerprint density at radius 2 is 2.12 bits per heavy atom. The number of rotatable bonds is 6. The summed E-state index contributed by atoms with van der Waals surface area (Å²) in [5.74, 6) is -0.212. The molecule has 0 aromatic heterocycles. The topological polar surface area (TPSA) is 58.4 Å². The smallest absolute Gasteiger partial charge is 0.231 e. The molecule has 1 aliphatic heterocycles. The second kappa shape index (κ2) is 5.59. The number of thioether (sulfide) groups is 1. The zero-order valence-corrected chi connectivity index (χ0v) is 11.4. The molecule has 0 bridgehead atoms. The third-order valence-corrected chi connectivity index (χ3v) is 5.34. The minimum atomic E-state index is -0.212. The Bertz CT molecular complexity index is 273. The molecule has 5 heteroatoms. The highest BCUT2D eigenvalue weighted by atomic mass is 32.2. The highest BCUT2D eigenvalue weighted by molar-refractivity contribution is 8.00. The van der Waals surface area contributed by atoms with Gasteiger partial charge in [-0.15, -0.1) is 0 Å². The van der Waals surface area contributed by atoms with Crippen molar-refractivity contribution in [3.8, 4) is 0 Å². The molecule has 0 spiro atoms. The third-order valence-electron chi connectivity index (χ3n) is 3.92. The maximum absolute atomic E-state index is 10.8. The monoisotopic (exact) mass is 257 g/mol. The van der Waals surface area contributed by atoms with E-state index in [0.29, 0.717) is 17.3 Å². The van der Waals surface area contributed by atoms with Crippen molar-refractivity contribution in [1.82, 2.24) is 10.2 Å². The molecule has 2 rings (SSSR count). The van der Waals surface area contributed by atoms with Crippen LogP contribution in [0.15, 0.2) is 0 Å². The molecule has 0 radical (unpaired) electrons. The van der Waals surface area contributed by atoms with E-state index in [0.717, 1.165) is 32.5 Å². The molecule has 1 saturated heterocycles. The molecule has 0 aromatic carbocycles. The number of nitrogens with two attached hydrogens (primary N) is 1. The highest BCUT2D eigenvalue weighted by Crippen LogP contribution is 2.46. The van der Waals surface area contributed by atoms with E-state index in [1.165, 1.54) is 12.8 Å². The molecule has 1 amide bonds. The molecule has 2 aliphatic rings. The fraction of sp³-hybridized carbons (Fsp3) is 0.917. The maximum atomic E-state index is 10.8. The second-order valence-electron chi connectivity index (χ2n) is 5.28. The van der Waals surface area contributed by atoms with E-state index in [-0.39, 0.29) is 5.91 Å². The lowest BCUT2D eigenvalue weighted by Gasteiger charge is -2.32. The summed E-state index contributed by atoms with van der Waals surface area (Å²) in [6.07, 6.45) is 7.21. The van der Waals surface area contributed by atoms with Crippen molar-refractivity contribution in [2.75, 3.05) is 32.4 Å². The molecule has 0 aromatic rings. The van der Waals surface area contributed by atoms with E-state index in [2.05, 4.69) is 16.5 Å². The number of hydrogen-bond donors (Lipinski definition) is 2. The van der Waals surface area contributed by atoms with Crippen LogP contribution in [-0.2, 0) is 4.79 Å². The van der Waals surface area contributed by atoms with Crippen molar-refractivity contribution < 1.29 is 4.79 Å². The summed E-state index contributed by atoms with van der Waals surface area (Å²) in [7, 11) is 0. The number of hydrogen-bond acceptors (Lipinski definition) is 4. The van der Waals surface area contributed by atoms with Gasteiger partial charge in [0, 0.05) is 30.4 Å². The summed E-state index contributed by atoms with van der Waals surface area (Å²) in [5.41, 5.74) is 5.20. The zero-order valence-electron chi connectivity index (χ0n) is 10.6. The standard InChI is InChI=1S/C12H23N3OS/c1-17-12(4-5-12)9-14-10-2-6-15(7-3-10)8-11(13)16/h10,14H,2-9H2,1H3,(H2,13,16). The summed E-state index contributed by atoms with van der Waals surface area (Å²) in [6.45, 7) is 3.55. The van der Waals surface area contributed by atoms with Crippen LogP contribution in [0.2, 0.25) is 0 Å². The lowest BCUT2D eigenvalue weighted by molar-refractivity contribution is -0.119. The van der Waals surface area contributed by atoms with E-state index < -0.39 is 0 Å². The van der Waals surface area contributed by atoms with Gasteiger partial charge in [0.15, 0.2) is 0 Å². The minimum Gasteiger partial charge on any atom is -0.369 e. The molecule has 17 heavy (non-hydrogen) atoms. The van der Waals surface area contributed by atoms with Crippen molar-refractivity contribution >= 4 is 17.7 Å². The Hall–Kier alpha value is -0.260. The molecule has 1 saturated carbocycles. The van der Waals surface area contributed by atoms with Crippen LogP contribution < -0.4 is 11.1 Å². The van der Waals surface area contributed by atoms with Crippen LogP contribution in [0.4, 0.5) is 0 Å². The maximum Gasteiger partial charge on any atom is 0.231 e. The fourth-order valence-corrected chi connectivity index (χ4v) is 3.18. The van der Waals surface area contributed by atoms with Gasteiger partial charge in [0.1, 0.15) is 0 Å². The Labute approximate surface area is 108 Å². The van der Waals surface area contributed by atoms with E-state index >= 15 is 0 Å². The summed E-state index contributed by atoms with van der Waals surface area (Å²) < 4.78 is 0.546. The molecule has 0 atom stereocenters. The number of likely N-dealkylation sites (tertiary alicyclic amines) is 1. The van der Waals surface area contributed by atoms with Gasteiger partial charge < -0.3 is 11.1 Å². The number of carbonyl (C=O) groups excluding carboxylic acids is 1. The predicted molar refractivity (Wildman–Crippen MR) is 72.1 cm³/mol. The summed E-state index contributed by atoms with van der Waals surface area (Å²) >= 11 is 2.00. The number of nitrogens with one attached hydrogen (secondary N) is 1. The van der Waals surface area contributed by atoms with Gasteiger partial charge in [-0.3, -0.25) is 9.69 Å². The second-order valence-corrected chi connectivity index (χ2v) is 6.56. The van der Waals surface area contributed by atoms with Crippen LogP contribution in [0.1, 0.15) is 25.7 Å². The Kier molecular flexibility index (Phi) is 4.33. The zero-order chi connectivity index (χ0) is 12.3. The predicted octanol–water partition coefficient (Wildman–Crippen LogP) is 0.421. The summed E-state index contributed by atoms with van der Waals surface area (Å²) in [5, 5.41) is 3.69. The van der Waals surface area contributed by atoms with E-state index in [4.69, 9.17) is 5.73 Å². The lowest BCUT2D eigenvalue weighted by atomic mass is 10.0. The largest absolute Gasteiger partial charge is 0.369 e. The number of nitrogens with zero attached hydrogens (tertiary/aromatic N) is 1. The Morgan fingerprint density at radius 1 is 1.47 bits per heavy atom. The number of carbonyl (C=O) groups is 1. The first-order chi connectivity index (χ1) is 8.13. The van der Waals surface area contributed by atoms with E-state index in [1.807, 2.05) is 11.8 Å². The third kappa shape index (κ3) is 3.86. The van der Waals surface area contributed by atoms with Gasteiger partial charge in [-0.1, -0.05) is 0 Å². The minimum absolute atomic E-state index is 0.212. The fourth-order valence-electron chi connectivity index (χ4n) is 2.44. The van der Waals surface area contributed by atoms with Crippen LogP contribution in [0.3, 0.4) is 0 Å². The van der Waals surface area contributed by atoms with Gasteiger partial charge in [-0.05, 0) is 31.9 Å². The molecule has 1 aliphatic carbocycles. The van der Waals surface area contributed by atoms with Crippen molar-refractivity contribution in [2.45, 2.75) is 36.5 Å². The average Bonchev–Trinajstić information content (AvgIpc) is 3.08. The van der Waals surface area contributed by atoms with Gasteiger partial charge in [-0.2, -0.15) is 11.8 Å². The normalized spacial score (nSPS) is 24.8. The average molecular weight is 257 g/mol. The first-order valence-electron chi connectivity index (χ1n) is 6.43. The van der Waals surface area contributed by atoms with Gasteiger partial charge >= 0.3 is 0 Å². The van der Waals surface area contributed by atoms with Crippen molar-refractivity contribution in [2.24, 2.45) is 5.73 Å². The van der Waals surface area contributed by atoms with Crippen LogP contribution in [0.25, 0.3) is 0 Å². The first-order valence-corrected chi connectivity index (χ1v) is 7.65. The lowest BCUT2D eigenvalue weighted by Crippen LogP contribution is -2.46. The number of primary amides is 1. The summed E-state index contributed by atoms with van der Waals surface area (Å²) in [4.78, 5) is 13.0. The Morgan fingerprint density at radius 3 is 2.59 bits per heavy atom. The highest BCUT2D eigenvalue weighted by Gasteiger charge is 2.41. The molecule has 1 heterocycles. The molecule has 98 valence electrons. The van der Waals surface area contributed by atoms with Crippen LogP contribution in [0.5, 0.6) is 0 Å². The molecular formula is C12H23N3OS. The van der Waals surface area contributed by atoms with Gasteiger partial charge in [-0.25, -0.2) is 0 Å². The van der Waals surface area contributed by atoms with Crippen molar-refractivity contribution in [3.05, 3.63) is 0 Å². The van der Waals surface area contributed by atoms with Crippen molar-refractivity contribution in [3.63, 3.8) is 0 Å². The number of amides is 1. The Balaban J connectivity index is 1.64. The van der Waals surface area contributed by atoms with Crippen LogP contribution in [-0.4, -0.2) is 54.0 Å². The first kappa shape index (κ1) is 13.2. The summed E-state index contributed by atoms with van der Waals surface area (Å²) in [6, 6.07) is 0.628. The van der Waals surface area contributed by atoms with Gasteiger partial charge in [0.25, 0.3) is 0 Å². The van der Waals surface area contributed by atoms with Crippen LogP contribution in [0, 0.1) is 0 Å².